The van der Waals surface area contributed by atoms with E-state index in [1.165, 1.54) is 12.1 Å². The molecule has 1 fully saturated rings. The molecule has 7 heteroatoms. The Kier molecular flexibility index (Phi) is 13.2. The third kappa shape index (κ3) is 6.46. The van der Waals surface area contributed by atoms with Gasteiger partial charge in [0.1, 0.15) is 0 Å². The normalized spacial score (nSPS) is 16.3. The van der Waals surface area contributed by atoms with Gasteiger partial charge >= 0.3 is 68.9 Å². The molecule has 1 aromatic carbocycles. The maximum atomic E-state index is 13.8. The van der Waals surface area contributed by atoms with Gasteiger partial charge in [0.05, 0.1) is 16.7 Å². The molecule has 2 rings (SSSR count). The summed E-state index contributed by atoms with van der Waals surface area (Å²) in [6, 6.07) is 4.23. The van der Waals surface area contributed by atoms with Crippen LogP contribution in [0.3, 0.4) is 0 Å². The smallest absolute Gasteiger partial charge is 0.368 e. The van der Waals surface area contributed by atoms with E-state index in [1.807, 2.05) is 32.8 Å². The van der Waals surface area contributed by atoms with Gasteiger partial charge in [-0.25, -0.2) is 4.39 Å². The Labute approximate surface area is 191 Å². The summed E-state index contributed by atoms with van der Waals surface area (Å²) < 4.78 is 13.8. The number of hydrogen-bond acceptors (Lipinski definition) is 4. The quantitative estimate of drug-likeness (QED) is 0.394. The minimum atomic E-state index is -0.584. The first-order chi connectivity index (χ1) is 9.49. The molecule has 0 amide bonds. The summed E-state index contributed by atoms with van der Waals surface area (Å²) in [7, 11) is 4.00. The minimum absolute atomic E-state index is 0. The minimum Gasteiger partial charge on any atom is -0.368 e. The molecule has 22 heavy (non-hydrogen) atoms. The molecular formula is C15H25CsFN3O2. The standard InChI is InChI=1S/C12H16FN3O2.C2H6.CH3.Cs/c1-14(2)10-5-6-15(8-10)12-4-3-9(16(17)18)7-11(12)13;1-2;;/h3-4,7,10H,5-6,8H2,1-2H3;1-2H3;1H3;/q;;-1;+1. The van der Waals surface area contributed by atoms with Crippen LogP contribution in [0.4, 0.5) is 15.8 Å². The van der Waals surface area contributed by atoms with Crippen LogP contribution in [-0.4, -0.2) is 43.0 Å². The van der Waals surface area contributed by atoms with Crippen LogP contribution in [0.5, 0.6) is 0 Å². The number of nitro benzene ring substituents is 1. The van der Waals surface area contributed by atoms with Crippen molar-refractivity contribution in [2.45, 2.75) is 26.3 Å². The number of benzene rings is 1. The van der Waals surface area contributed by atoms with Gasteiger partial charge in [0.15, 0.2) is 5.82 Å². The fraction of sp³-hybridized carbons (Fsp3) is 0.533. The van der Waals surface area contributed by atoms with Crippen LogP contribution >= 0.6 is 0 Å². The Morgan fingerprint density at radius 3 is 2.36 bits per heavy atom. The molecule has 0 bridgehead atoms. The first-order valence-electron chi connectivity index (χ1n) is 6.84. The number of nitro groups is 1. The van der Waals surface area contributed by atoms with Crippen molar-refractivity contribution < 1.29 is 78.2 Å². The molecule has 0 N–H and O–H groups in total. The summed E-state index contributed by atoms with van der Waals surface area (Å²) in [5.41, 5.74) is 0.240. The maximum Gasteiger partial charge on any atom is 1.00 e. The van der Waals surface area contributed by atoms with Gasteiger partial charge in [0, 0.05) is 25.2 Å². The molecule has 120 valence electrons. The molecule has 0 saturated carbocycles. The number of rotatable bonds is 3. The van der Waals surface area contributed by atoms with Crippen molar-refractivity contribution in [1.82, 2.24) is 4.90 Å². The molecule has 0 radical (unpaired) electrons. The Hall–Kier alpha value is 0.362. The molecule has 1 saturated heterocycles. The van der Waals surface area contributed by atoms with Crippen molar-refractivity contribution in [3.63, 3.8) is 0 Å². The SMILES string of the molecule is CC.CN(C)C1CCN(c2ccc([N+](=O)[O-])cc2F)C1.[CH3-].[Cs+]. The molecule has 0 aromatic heterocycles. The zero-order chi connectivity index (χ0) is 15.3. The van der Waals surface area contributed by atoms with E-state index in [9.17, 15) is 14.5 Å². The molecule has 0 spiro atoms. The number of nitrogens with zero attached hydrogens (tertiary/aromatic N) is 3. The van der Waals surface area contributed by atoms with E-state index < -0.39 is 10.7 Å². The molecule has 5 nitrogen and oxygen atoms in total. The number of likely N-dealkylation sites (N-methyl/N-ethyl adjacent to an activating group) is 1. The third-order valence-corrected chi connectivity index (χ3v) is 3.38. The monoisotopic (exact) mass is 431 g/mol. The second-order valence-electron chi connectivity index (χ2n) is 4.74. The topological polar surface area (TPSA) is 49.6 Å². The first-order valence-corrected chi connectivity index (χ1v) is 6.84. The summed E-state index contributed by atoms with van der Waals surface area (Å²) >= 11 is 0. The van der Waals surface area contributed by atoms with Crippen LogP contribution in [-0.2, 0) is 0 Å². The van der Waals surface area contributed by atoms with Gasteiger partial charge in [-0.2, -0.15) is 0 Å². The van der Waals surface area contributed by atoms with Gasteiger partial charge in [0.25, 0.3) is 5.69 Å². The number of non-ortho nitro benzene ring substituents is 1. The number of anilines is 1. The first kappa shape index (κ1) is 24.6. The summed E-state index contributed by atoms with van der Waals surface area (Å²) in [5.74, 6) is -0.524. The van der Waals surface area contributed by atoms with Crippen LogP contribution in [0.1, 0.15) is 20.3 Å². The Balaban J connectivity index is 0. The Morgan fingerprint density at radius 2 is 1.95 bits per heavy atom. The van der Waals surface area contributed by atoms with Crippen molar-refractivity contribution in [1.29, 1.82) is 0 Å². The summed E-state index contributed by atoms with van der Waals surface area (Å²) in [4.78, 5) is 14.0. The van der Waals surface area contributed by atoms with Gasteiger partial charge in [-0.1, -0.05) is 13.8 Å². The third-order valence-electron chi connectivity index (χ3n) is 3.38. The van der Waals surface area contributed by atoms with Gasteiger partial charge in [-0.3, -0.25) is 10.1 Å². The van der Waals surface area contributed by atoms with Crippen LogP contribution in [0, 0.1) is 23.4 Å². The van der Waals surface area contributed by atoms with Gasteiger partial charge in [-0.15, -0.1) is 0 Å². The molecule has 1 atom stereocenters. The van der Waals surface area contributed by atoms with E-state index in [0.29, 0.717) is 11.7 Å². The number of halogens is 1. The van der Waals surface area contributed by atoms with E-state index in [-0.39, 0.29) is 82.0 Å². The average Bonchev–Trinajstić information content (AvgIpc) is 2.90. The van der Waals surface area contributed by atoms with Crippen LogP contribution in [0.25, 0.3) is 0 Å². The summed E-state index contributed by atoms with van der Waals surface area (Å²) in [6.45, 7) is 5.53. The largest absolute Gasteiger partial charge is 1.00 e. The van der Waals surface area contributed by atoms with E-state index >= 15 is 0 Å². The van der Waals surface area contributed by atoms with Gasteiger partial charge in [-0.05, 0) is 26.6 Å². The number of hydrogen-bond donors (Lipinski definition) is 0. The van der Waals surface area contributed by atoms with E-state index in [0.717, 1.165) is 25.6 Å². The Morgan fingerprint density at radius 1 is 1.36 bits per heavy atom. The zero-order valence-electron chi connectivity index (χ0n) is 14.5. The fourth-order valence-electron chi connectivity index (χ4n) is 2.25. The second-order valence-corrected chi connectivity index (χ2v) is 4.74. The van der Waals surface area contributed by atoms with E-state index in [2.05, 4.69) is 4.90 Å². The maximum absolute atomic E-state index is 13.8. The van der Waals surface area contributed by atoms with Crippen molar-refractivity contribution >= 4 is 11.4 Å². The summed E-state index contributed by atoms with van der Waals surface area (Å²) in [6.07, 6.45) is 0.976. The predicted molar refractivity (Wildman–Crippen MR) is 85.1 cm³/mol. The van der Waals surface area contributed by atoms with Crippen molar-refractivity contribution in [3.8, 4) is 0 Å². The van der Waals surface area contributed by atoms with Crippen molar-refractivity contribution in [2.75, 3.05) is 32.1 Å². The van der Waals surface area contributed by atoms with Crippen LogP contribution < -0.4 is 73.8 Å². The molecule has 1 aromatic rings. The predicted octanol–water partition coefficient (Wildman–Crippen LogP) is 0.355. The van der Waals surface area contributed by atoms with Crippen molar-refractivity contribution in [3.05, 3.63) is 41.6 Å². The van der Waals surface area contributed by atoms with Gasteiger partial charge in [0.2, 0.25) is 0 Å². The molecule has 1 unspecified atom stereocenters. The van der Waals surface area contributed by atoms with Crippen LogP contribution in [0.2, 0.25) is 0 Å². The van der Waals surface area contributed by atoms with E-state index in [4.69, 9.17) is 0 Å². The van der Waals surface area contributed by atoms with E-state index in [1.54, 1.807) is 0 Å². The average molecular weight is 431 g/mol. The fourth-order valence-corrected chi connectivity index (χ4v) is 2.25. The molecule has 1 aliphatic heterocycles. The van der Waals surface area contributed by atoms with Crippen molar-refractivity contribution in [2.24, 2.45) is 0 Å². The van der Waals surface area contributed by atoms with Gasteiger partial charge < -0.3 is 17.2 Å². The molecule has 1 heterocycles. The Bertz CT molecular complexity index is 472. The molecular weight excluding hydrogens is 406 g/mol. The molecule has 0 aliphatic carbocycles. The second kappa shape index (κ2) is 11.8. The molecule has 1 aliphatic rings. The zero-order valence-corrected chi connectivity index (χ0v) is 20.7. The van der Waals surface area contributed by atoms with Crippen LogP contribution in [0.15, 0.2) is 18.2 Å². The summed E-state index contributed by atoms with van der Waals surface area (Å²) in [5, 5.41) is 10.5.